The Labute approximate surface area is 167 Å². The molecule has 142 valence electrons. The van der Waals surface area contributed by atoms with Crippen molar-refractivity contribution in [1.29, 1.82) is 0 Å². The van der Waals surface area contributed by atoms with Crippen LogP contribution in [0.1, 0.15) is 26.3 Å². The molecule has 0 aliphatic heterocycles. The van der Waals surface area contributed by atoms with Crippen LogP contribution in [0.15, 0.2) is 72.8 Å². The summed E-state index contributed by atoms with van der Waals surface area (Å²) in [6, 6.07) is 20.8. The van der Waals surface area contributed by atoms with E-state index in [1.165, 1.54) is 7.11 Å². The molecule has 3 aromatic carbocycles. The van der Waals surface area contributed by atoms with Gasteiger partial charge in [-0.25, -0.2) is 4.79 Å². The number of methoxy groups -OCH3 is 1. The molecule has 0 fully saturated rings. The van der Waals surface area contributed by atoms with Crippen LogP contribution in [0.5, 0.6) is 5.75 Å². The van der Waals surface area contributed by atoms with Crippen molar-refractivity contribution in [3.8, 4) is 5.75 Å². The molecule has 3 rings (SSSR count). The van der Waals surface area contributed by atoms with Gasteiger partial charge in [0.05, 0.1) is 12.7 Å². The van der Waals surface area contributed by atoms with E-state index >= 15 is 0 Å². The smallest absolute Gasteiger partial charge is 0.337 e. The van der Waals surface area contributed by atoms with Crippen molar-refractivity contribution >= 4 is 29.2 Å². The number of hydrogen-bond donors (Lipinski definition) is 1. The lowest BCUT2D eigenvalue weighted by atomic mass is 10.1. The largest absolute Gasteiger partial charge is 0.489 e. The normalized spacial score (nSPS) is 10.2. The van der Waals surface area contributed by atoms with Crippen LogP contribution in [0.25, 0.3) is 0 Å². The molecule has 28 heavy (non-hydrogen) atoms. The summed E-state index contributed by atoms with van der Waals surface area (Å²) in [5, 5.41) is 3.43. The lowest BCUT2D eigenvalue weighted by molar-refractivity contribution is 0.0600. The minimum absolute atomic E-state index is 0.261. The zero-order valence-electron chi connectivity index (χ0n) is 15.1. The molecule has 0 unspecified atom stereocenters. The standard InChI is InChI=1S/C22H18ClNO4/c1-27-22(26)16-6-10-18(11-7-16)24-21(25)15-8-12-19(13-9-15)28-14-17-4-2-3-5-20(17)23/h2-13H,14H2,1H3,(H,24,25). The first kappa shape index (κ1) is 19.5. The monoisotopic (exact) mass is 395 g/mol. The molecule has 3 aromatic rings. The van der Waals surface area contributed by atoms with Gasteiger partial charge < -0.3 is 14.8 Å². The highest BCUT2D eigenvalue weighted by Gasteiger charge is 2.09. The average Bonchev–Trinajstić information content (AvgIpc) is 2.73. The second-order valence-electron chi connectivity index (χ2n) is 5.93. The highest BCUT2D eigenvalue weighted by Crippen LogP contribution is 2.19. The van der Waals surface area contributed by atoms with Gasteiger partial charge >= 0.3 is 5.97 Å². The van der Waals surface area contributed by atoms with Crippen molar-refractivity contribution < 1.29 is 19.1 Å². The molecule has 0 aliphatic rings. The lowest BCUT2D eigenvalue weighted by Gasteiger charge is -2.09. The summed E-state index contributed by atoms with van der Waals surface area (Å²) in [4.78, 5) is 23.8. The van der Waals surface area contributed by atoms with Crippen molar-refractivity contribution in [2.75, 3.05) is 12.4 Å². The van der Waals surface area contributed by atoms with Gasteiger partial charge in [-0.05, 0) is 54.6 Å². The molecular formula is C22H18ClNO4. The molecule has 0 spiro atoms. The third kappa shape index (κ3) is 4.90. The predicted molar refractivity (Wildman–Crippen MR) is 108 cm³/mol. The van der Waals surface area contributed by atoms with Crippen LogP contribution in [-0.2, 0) is 11.3 Å². The molecule has 1 N–H and O–H groups in total. The van der Waals surface area contributed by atoms with Crippen molar-refractivity contribution in [1.82, 2.24) is 0 Å². The number of halogens is 1. The van der Waals surface area contributed by atoms with Crippen LogP contribution >= 0.6 is 11.6 Å². The quantitative estimate of drug-likeness (QED) is 0.599. The van der Waals surface area contributed by atoms with E-state index in [2.05, 4.69) is 10.1 Å². The van der Waals surface area contributed by atoms with E-state index in [4.69, 9.17) is 16.3 Å². The SMILES string of the molecule is COC(=O)c1ccc(NC(=O)c2ccc(OCc3ccccc3Cl)cc2)cc1. The van der Waals surface area contributed by atoms with Crippen molar-refractivity contribution in [3.63, 3.8) is 0 Å². The number of rotatable bonds is 6. The van der Waals surface area contributed by atoms with Gasteiger partial charge in [-0.1, -0.05) is 29.8 Å². The molecule has 6 heteroatoms. The first-order chi connectivity index (χ1) is 13.6. The van der Waals surface area contributed by atoms with Gasteiger partial charge in [-0.2, -0.15) is 0 Å². The number of esters is 1. The Bertz CT molecular complexity index is 969. The van der Waals surface area contributed by atoms with Crippen LogP contribution in [-0.4, -0.2) is 19.0 Å². The van der Waals surface area contributed by atoms with Crippen LogP contribution < -0.4 is 10.1 Å². The Morgan fingerprint density at radius 3 is 2.18 bits per heavy atom. The summed E-state index contributed by atoms with van der Waals surface area (Å²) in [5.41, 5.74) is 2.38. The van der Waals surface area contributed by atoms with Crippen molar-refractivity contribution in [2.24, 2.45) is 0 Å². The molecule has 0 atom stereocenters. The molecule has 1 amide bonds. The number of nitrogens with one attached hydrogen (secondary N) is 1. The zero-order valence-corrected chi connectivity index (χ0v) is 15.9. The third-order valence-electron chi connectivity index (χ3n) is 4.03. The molecule has 0 radical (unpaired) electrons. The van der Waals surface area contributed by atoms with E-state index in [1.807, 2.05) is 24.3 Å². The van der Waals surface area contributed by atoms with Crippen LogP contribution in [0.3, 0.4) is 0 Å². The maximum absolute atomic E-state index is 12.4. The minimum atomic E-state index is -0.426. The molecule has 0 saturated heterocycles. The van der Waals surface area contributed by atoms with E-state index in [9.17, 15) is 9.59 Å². The number of carbonyl (C=O) groups is 2. The van der Waals surface area contributed by atoms with E-state index in [1.54, 1.807) is 48.5 Å². The molecule has 0 heterocycles. The number of carbonyl (C=O) groups excluding carboxylic acids is 2. The number of benzene rings is 3. The highest BCUT2D eigenvalue weighted by molar-refractivity contribution is 6.31. The molecule has 5 nitrogen and oxygen atoms in total. The number of amides is 1. The van der Waals surface area contributed by atoms with E-state index < -0.39 is 5.97 Å². The summed E-state index contributed by atoms with van der Waals surface area (Å²) in [6.45, 7) is 0.345. The molecular weight excluding hydrogens is 378 g/mol. The average molecular weight is 396 g/mol. The maximum Gasteiger partial charge on any atom is 0.337 e. The number of ether oxygens (including phenoxy) is 2. The Balaban J connectivity index is 1.59. The van der Waals surface area contributed by atoms with Gasteiger partial charge in [0.2, 0.25) is 0 Å². The van der Waals surface area contributed by atoms with Gasteiger partial charge in [0.1, 0.15) is 12.4 Å². The van der Waals surface area contributed by atoms with E-state index in [0.717, 1.165) is 5.56 Å². The van der Waals surface area contributed by atoms with E-state index in [0.29, 0.717) is 34.2 Å². The third-order valence-corrected chi connectivity index (χ3v) is 4.40. The van der Waals surface area contributed by atoms with E-state index in [-0.39, 0.29) is 5.91 Å². The molecule has 0 aromatic heterocycles. The first-order valence-electron chi connectivity index (χ1n) is 8.53. The summed E-state index contributed by atoms with van der Waals surface area (Å²) in [7, 11) is 1.32. The fourth-order valence-corrected chi connectivity index (χ4v) is 2.68. The Morgan fingerprint density at radius 2 is 1.54 bits per heavy atom. The first-order valence-corrected chi connectivity index (χ1v) is 8.90. The summed E-state index contributed by atoms with van der Waals surface area (Å²) in [6.07, 6.45) is 0. The number of anilines is 1. The fraction of sp³-hybridized carbons (Fsp3) is 0.0909. The second-order valence-corrected chi connectivity index (χ2v) is 6.33. The molecule has 0 bridgehead atoms. The van der Waals surface area contributed by atoms with Crippen LogP contribution in [0.4, 0.5) is 5.69 Å². The fourth-order valence-electron chi connectivity index (χ4n) is 2.49. The molecule has 0 saturated carbocycles. The predicted octanol–water partition coefficient (Wildman–Crippen LogP) is 4.96. The second kappa shape index (κ2) is 9.06. The summed E-state index contributed by atoms with van der Waals surface area (Å²) in [5.74, 6) is -0.0485. The highest BCUT2D eigenvalue weighted by atomic mass is 35.5. The van der Waals surface area contributed by atoms with Gasteiger partial charge in [-0.3, -0.25) is 4.79 Å². The van der Waals surface area contributed by atoms with Crippen LogP contribution in [0, 0.1) is 0 Å². The van der Waals surface area contributed by atoms with Gasteiger partial charge in [0.15, 0.2) is 0 Å². The Kier molecular flexibility index (Phi) is 6.29. The Hall–Kier alpha value is -3.31. The maximum atomic E-state index is 12.4. The summed E-state index contributed by atoms with van der Waals surface area (Å²) < 4.78 is 10.4. The number of hydrogen-bond acceptors (Lipinski definition) is 4. The Morgan fingerprint density at radius 1 is 0.893 bits per heavy atom. The lowest BCUT2D eigenvalue weighted by Crippen LogP contribution is -2.12. The van der Waals surface area contributed by atoms with Gasteiger partial charge in [-0.15, -0.1) is 0 Å². The van der Waals surface area contributed by atoms with Gasteiger partial charge in [0, 0.05) is 21.8 Å². The van der Waals surface area contributed by atoms with Crippen LogP contribution in [0.2, 0.25) is 5.02 Å². The topological polar surface area (TPSA) is 64.6 Å². The van der Waals surface area contributed by atoms with Crippen molar-refractivity contribution in [3.05, 3.63) is 94.5 Å². The summed E-state index contributed by atoms with van der Waals surface area (Å²) >= 11 is 6.11. The zero-order chi connectivity index (χ0) is 19.9. The van der Waals surface area contributed by atoms with Crippen molar-refractivity contribution in [2.45, 2.75) is 6.61 Å². The molecule has 0 aliphatic carbocycles. The van der Waals surface area contributed by atoms with Gasteiger partial charge in [0.25, 0.3) is 5.91 Å². The minimum Gasteiger partial charge on any atom is -0.489 e.